The number of rotatable bonds is 3. The zero-order valence-corrected chi connectivity index (χ0v) is 17.8. The first-order chi connectivity index (χ1) is 15.1. The minimum Gasteiger partial charge on any atom is -0.338 e. The van der Waals surface area contributed by atoms with E-state index in [9.17, 15) is 4.79 Å². The Morgan fingerprint density at radius 3 is 2.68 bits per heavy atom. The van der Waals surface area contributed by atoms with Crippen LogP contribution in [0.4, 0.5) is 5.95 Å². The second-order valence-corrected chi connectivity index (χ2v) is 8.71. The Kier molecular flexibility index (Phi) is 5.11. The van der Waals surface area contributed by atoms with Gasteiger partial charge in [-0.1, -0.05) is 30.0 Å². The maximum absolute atomic E-state index is 12.7. The van der Waals surface area contributed by atoms with Crippen LogP contribution < -0.4 is 10.2 Å². The van der Waals surface area contributed by atoms with Crippen LogP contribution in [0.2, 0.25) is 0 Å². The number of nitrogens with zero attached hydrogens (tertiary/aromatic N) is 6. The van der Waals surface area contributed by atoms with Crippen molar-refractivity contribution < 1.29 is 4.79 Å². The summed E-state index contributed by atoms with van der Waals surface area (Å²) in [7, 11) is 0. The van der Waals surface area contributed by atoms with Crippen LogP contribution >= 0.6 is 11.8 Å². The SMILES string of the molecule is Cc1cnc(N2CC3CSC(NC(=O)c4ccccc4)=NC3(c3cnccn3)C2)nc1. The van der Waals surface area contributed by atoms with Gasteiger partial charge in [-0.25, -0.2) is 15.0 Å². The van der Waals surface area contributed by atoms with Crippen LogP contribution in [-0.4, -0.2) is 49.9 Å². The Hall–Kier alpha value is -3.33. The minimum absolute atomic E-state index is 0.170. The van der Waals surface area contributed by atoms with E-state index in [0.717, 1.165) is 23.6 Å². The molecule has 31 heavy (non-hydrogen) atoms. The Morgan fingerprint density at radius 1 is 1.13 bits per heavy atom. The van der Waals surface area contributed by atoms with Crippen molar-refractivity contribution in [3.8, 4) is 0 Å². The third-order valence-corrected chi connectivity index (χ3v) is 6.62. The number of carbonyl (C=O) groups excluding carboxylic acids is 1. The molecule has 2 aliphatic heterocycles. The molecule has 156 valence electrons. The quantitative estimate of drug-likeness (QED) is 0.680. The topological polar surface area (TPSA) is 96.3 Å². The van der Waals surface area contributed by atoms with E-state index in [0.29, 0.717) is 23.2 Å². The second kappa shape index (κ2) is 8.07. The molecule has 2 aromatic heterocycles. The highest BCUT2D eigenvalue weighted by Crippen LogP contribution is 2.45. The predicted octanol–water partition coefficient (Wildman–Crippen LogP) is 2.44. The van der Waals surface area contributed by atoms with Gasteiger partial charge < -0.3 is 10.2 Å². The van der Waals surface area contributed by atoms with E-state index in [1.807, 2.05) is 37.5 Å². The molecule has 1 amide bonds. The molecule has 9 heteroatoms. The molecular weight excluding hydrogens is 410 g/mol. The molecule has 1 fully saturated rings. The fraction of sp³-hybridized carbons (Fsp3) is 0.273. The zero-order chi connectivity index (χ0) is 21.3. The molecule has 0 saturated carbocycles. The number of nitrogens with one attached hydrogen (secondary N) is 1. The number of hydrogen-bond acceptors (Lipinski definition) is 8. The van der Waals surface area contributed by atoms with Gasteiger partial charge in [0.15, 0.2) is 5.17 Å². The van der Waals surface area contributed by atoms with Gasteiger partial charge in [-0.2, -0.15) is 0 Å². The predicted molar refractivity (Wildman–Crippen MR) is 120 cm³/mol. The van der Waals surface area contributed by atoms with Crippen LogP contribution in [0.3, 0.4) is 0 Å². The fourth-order valence-corrected chi connectivity index (χ4v) is 5.14. The molecule has 0 radical (unpaired) electrons. The van der Waals surface area contributed by atoms with Gasteiger partial charge in [0, 0.05) is 48.6 Å². The number of amidine groups is 1. The van der Waals surface area contributed by atoms with E-state index in [1.165, 1.54) is 0 Å². The summed E-state index contributed by atoms with van der Waals surface area (Å²) in [5.74, 6) is 1.50. The van der Waals surface area contributed by atoms with Crippen LogP contribution in [0, 0.1) is 12.8 Å². The molecule has 8 nitrogen and oxygen atoms in total. The van der Waals surface area contributed by atoms with Gasteiger partial charge in [-0.05, 0) is 24.6 Å². The monoisotopic (exact) mass is 431 g/mol. The van der Waals surface area contributed by atoms with Gasteiger partial charge >= 0.3 is 0 Å². The van der Waals surface area contributed by atoms with E-state index >= 15 is 0 Å². The average molecular weight is 432 g/mol. The van der Waals surface area contributed by atoms with Gasteiger partial charge in [-0.3, -0.25) is 14.8 Å². The van der Waals surface area contributed by atoms with Gasteiger partial charge in [0.25, 0.3) is 5.91 Å². The highest BCUT2D eigenvalue weighted by atomic mass is 32.2. The largest absolute Gasteiger partial charge is 0.338 e. The molecule has 1 saturated heterocycles. The summed E-state index contributed by atoms with van der Waals surface area (Å²) in [5.41, 5.74) is 1.79. The lowest BCUT2D eigenvalue weighted by Gasteiger charge is -2.34. The van der Waals surface area contributed by atoms with Gasteiger partial charge in [0.1, 0.15) is 5.54 Å². The number of carbonyl (C=O) groups is 1. The van der Waals surface area contributed by atoms with E-state index in [1.54, 1.807) is 42.5 Å². The third-order valence-electron chi connectivity index (χ3n) is 5.58. The van der Waals surface area contributed by atoms with Crippen molar-refractivity contribution in [1.82, 2.24) is 25.3 Å². The molecule has 0 bridgehead atoms. The van der Waals surface area contributed by atoms with E-state index in [4.69, 9.17) is 4.99 Å². The Labute approximate surface area is 184 Å². The molecule has 2 atom stereocenters. The van der Waals surface area contributed by atoms with Crippen molar-refractivity contribution in [3.05, 3.63) is 78.1 Å². The summed E-state index contributed by atoms with van der Waals surface area (Å²) in [6, 6.07) is 9.15. The highest BCUT2D eigenvalue weighted by molar-refractivity contribution is 8.13. The summed E-state index contributed by atoms with van der Waals surface area (Å²) in [4.78, 5) is 37.8. The Morgan fingerprint density at radius 2 is 1.94 bits per heavy atom. The number of hydrogen-bond donors (Lipinski definition) is 1. The van der Waals surface area contributed by atoms with E-state index in [-0.39, 0.29) is 11.8 Å². The van der Waals surface area contributed by atoms with E-state index < -0.39 is 5.54 Å². The molecule has 2 aliphatic rings. The number of thioether (sulfide) groups is 1. The highest BCUT2D eigenvalue weighted by Gasteiger charge is 2.52. The molecule has 5 rings (SSSR count). The maximum atomic E-state index is 12.7. The number of fused-ring (bicyclic) bond motifs is 1. The molecule has 1 N–H and O–H groups in total. The zero-order valence-electron chi connectivity index (χ0n) is 17.0. The summed E-state index contributed by atoms with van der Waals surface area (Å²) in [6.45, 7) is 3.30. The number of aryl methyl sites for hydroxylation is 1. The van der Waals surface area contributed by atoms with Gasteiger partial charge in [-0.15, -0.1) is 0 Å². The lowest BCUT2D eigenvalue weighted by molar-refractivity contribution is 0.0977. The molecule has 0 spiro atoms. The number of aliphatic imine (C=N–C) groups is 1. The standard InChI is InChI=1S/C22H21N7OS/c1-15-9-25-20(26-10-15)29-12-17-13-31-21(27-19(30)16-5-3-2-4-6-16)28-22(17,14-29)18-11-23-7-8-24-18/h2-11,17H,12-14H2,1H3,(H,27,28,30). The lowest BCUT2D eigenvalue weighted by Crippen LogP contribution is -2.43. The summed E-state index contributed by atoms with van der Waals surface area (Å²) in [6.07, 6.45) is 8.75. The van der Waals surface area contributed by atoms with Crippen LogP contribution in [0.25, 0.3) is 0 Å². The van der Waals surface area contributed by atoms with Gasteiger partial charge in [0.05, 0.1) is 18.4 Å². The molecule has 0 aliphatic carbocycles. The molecule has 3 aromatic rings. The number of amides is 1. The van der Waals surface area contributed by atoms with Crippen LogP contribution in [0.1, 0.15) is 21.6 Å². The van der Waals surface area contributed by atoms with Crippen molar-refractivity contribution in [2.45, 2.75) is 12.5 Å². The van der Waals surface area contributed by atoms with Crippen molar-refractivity contribution >= 4 is 28.8 Å². The Balaban J connectivity index is 1.49. The summed E-state index contributed by atoms with van der Waals surface area (Å²) in [5, 5.41) is 3.58. The first-order valence-electron chi connectivity index (χ1n) is 10.0. The number of anilines is 1. The minimum atomic E-state index is -0.618. The molecule has 1 aromatic carbocycles. The van der Waals surface area contributed by atoms with Crippen molar-refractivity contribution in [2.75, 3.05) is 23.7 Å². The van der Waals surface area contributed by atoms with Crippen molar-refractivity contribution in [1.29, 1.82) is 0 Å². The summed E-state index contributed by atoms with van der Waals surface area (Å²) >= 11 is 1.56. The number of benzene rings is 1. The van der Waals surface area contributed by atoms with E-state index in [2.05, 4.69) is 30.2 Å². The smallest absolute Gasteiger partial charge is 0.257 e. The maximum Gasteiger partial charge on any atom is 0.257 e. The molecule has 2 unspecified atom stereocenters. The van der Waals surface area contributed by atoms with Crippen LogP contribution in [0.5, 0.6) is 0 Å². The van der Waals surface area contributed by atoms with Crippen LogP contribution in [-0.2, 0) is 5.54 Å². The van der Waals surface area contributed by atoms with Crippen LogP contribution in [0.15, 0.2) is 66.3 Å². The molecule has 4 heterocycles. The molecular formula is C22H21N7OS. The van der Waals surface area contributed by atoms with Gasteiger partial charge in [0.2, 0.25) is 5.95 Å². The summed E-state index contributed by atoms with van der Waals surface area (Å²) < 4.78 is 0. The first-order valence-corrected chi connectivity index (χ1v) is 11.0. The lowest BCUT2D eigenvalue weighted by atomic mass is 9.86. The first kappa shape index (κ1) is 19.6. The number of aromatic nitrogens is 4. The van der Waals surface area contributed by atoms with Crippen molar-refractivity contribution in [2.24, 2.45) is 10.9 Å². The normalized spacial score (nSPS) is 22.5. The Bertz CT molecular complexity index is 1110. The second-order valence-electron chi connectivity index (χ2n) is 7.70. The third kappa shape index (κ3) is 3.76. The fourth-order valence-electron chi connectivity index (χ4n) is 4.01. The average Bonchev–Trinajstić information content (AvgIpc) is 3.21. The van der Waals surface area contributed by atoms with Crippen molar-refractivity contribution in [3.63, 3.8) is 0 Å².